The number of likely N-dealkylation sites (tertiary alicyclic amines) is 1. The van der Waals surface area contributed by atoms with Gasteiger partial charge in [0.1, 0.15) is 18.0 Å². The summed E-state index contributed by atoms with van der Waals surface area (Å²) >= 11 is 0. The molecule has 1 atom stereocenters. The van der Waals surface area contributed by atoms with Gasteiger partial charge in [-0.25, -0.2) is 4.68 Å². The van der Waals surface area contributed by atoms with Gasteiger partial charge in [-0.1, -0.05) is 0 Å². The van der Waals surface area contributed by atoms with E-state index in [2.05, 4.69) is 47.1 Å². The lowest BCUT2D eigenvalue weighted by molar-refractivity contribution is 0.0326. The van der Waals surface area contributed by atoms with Crippen molar-refractivity contribution in [3.8, 4) is 0 Å². The highest BCUT2D eigenvalue weighted by Gasteiger charge is 2.26. The van der Waals surface area contributed by atoms with Gasteiger partial charge in [-0.3, -0.25) is 4.90 Å². The van der Waals surface area contributed by atoms with Gasteiger partial charge in [-0.15, -0.1) is 15.3 Å². The van der Waals surface area contributed by atoms with Crippen molar-refractivity contribution in [3.63, 3.8) is 0 Å². The Balaban J connectivity index is 1.31. The molecule has 0 saturated carbocycles. The van der Waals surface area contributed by atoms with Crippen LogP contribution in [0.15, 0.2) is 6.33 Å². The van der Waals surface area contributed by atoms with Gasteiger partial charge in [0, 0.05) is 39.1 Å². The third-order valence-corrected chi connectivity index (χ3v) is 5.59. The van der Waals surface area contributed by atoms with Crippen molar-refractivity contribution in [2.45, 2.75) is 38.3 Å². The predicted molar refractivity (Wildman–Crippen MR) is 97.9 cm³/mol. The van der Waals surface area contributed by atoms with E-state index in [1.54, 1.807) is 11.0 Å². The van der Waals surface area contributed by atoms with Gasteiger partial charge >= 0.3 is 0 Å². The average molecular weight is 375 g/mol. The zero-order chi connectivity index (χ0) is 18.5. The lowest BCUT2D eigenvalue weighted by Gasteiger charge is -2.32. The molecule has 4 rings (SSSR count). The Labute approximate surface area is 159 Å². The molecule has 2 aromatic rings. The SMILES string of the molecule is Cn1c(CN2CCOCC2)nnc1[C@@H]1CCCN(CCCn2cnnn2)C1. The molecule has 10 nitrogen and oxygen atoms in total. The Hall–Kier alpha value is -1.91. The molecule has 0 bridgehead atoms. The molecule has 0 unspecified atom stereocenters. The Kier molecular flexibility index (Phi) is 6.05. The molecule has 0 spiro atoms. The molecule has 0 N–H and O–H groups in total. The first kappa shape index (κ1) is 18.5. The summed E-state index contributed by atoms with van der Waals surface area (Å²) in [4.78, 5) is 4.93. The lowest BCUT2D eigenvalue weighted by Crippen LogP contribution is -2.37. The molecule has 4 heterocycles. The van der Waals surface area contributed by atoms with Gasteiger partial charge in [0.15, 0.2) is 0 Å². The fraction of sp³-hybridized carbons (Fsp3) is 0.824. The Morgan fingerprint density at radius 1 is 1.11 bits per heavy atom. The van der Waals surface area contributed by atoms with Gasteiger partial charge in [-0.2, -0.15) is 0 Å². The van der Waals surface area contributed by atoms with Crippen LogP contribution in [0.2, 0.25) is 0 Å². The van der Waals surface area contributed by atoms with E-state index < -0.39 is 0 Å². The van der Waals surface area contributed by atoms with Gasteiger partial charge in [0.05, 0.1) is 19.8 Å². The molecule has 27 heavy (non-hydrogen) atoms. The topological polar surface area (TPSA) is 90.0 Å². The standard InChI is InChI=1S/C17H29N9O/c1-23-16(13-25-8-10-27-11-9-25)19-20-17(23)15-4-2-5-24(12-15)6-3-7-26-14-18-21-22-26/h14-15H,2-13H2,1H3/t15-/m1/s1. The van der Waals surface area contributed by atoms with E-state index in [-0.39, 0.29) is 0 Å². The molecule has 2 aliphatic heterocycles. The third kappa shape index (κ3) is 4.69. The first-order valence-corrected chi connectivity index (χ1v) is 9.91. The number of ether oxygens (including phenoxy) is 1. The van der Waals surface area contributed by atoms with Crippen molar-refractivity contribution in [1.29, 1.82) is 0 Å². The van der Waals surface area contributed by atoms with Crippen LogP contribution >= 0.6 is 0 Å². The molecule has 2 aliphatic rings. The van der Waals surface area contributed by atoms with Crippen LogP contribution in [0.3, 0.4) is 0 Å². The minimum absolute atomic E-state index is 0.461. The van der Waals surface area contributed by atoms with Crippen LogP contribution in [0.5, 0.6) is 0 Å². The molecular weight excluding hydrogens is 346 g/mol. The van der Waals surface area contributed by atoms with E-state index in [1.165, 1.54) is 12.8 Å². The maximum Gasteiger partial charge on any atom is 0.146 e. The van der Waals surface area contributed by atoms with Crippen molar-refractivity contribution >= 4 is 0 Å². The van der Waals surface area contributed by atoms with Crippen molar-refractivity contribution in [1.82, 2.24) is 44.8 Å². The monoisotopic (exact) mass is 375 g/mol. The fourth-order valence-electron chi connectivity index (χ4n) is 4.04. The maximum absolute atomic E-state index is 5.43. The molecule has 10 heteroatoms. The number of piperidine rings is 1. The summed E-state index contributed by atoms with van der Waals surface area (Å²) in [6.45, 7) is 8.57. The predicted octanol–water partition coefficient (Wildman–Crippen LogP) is -0.0965. The summed E-state index contributed by atoms with van der Waals surface area (Å²) < 4.78 is 9.44. The summed E-state index contributed by atoms with van der Waals surface area (Å²) in [7, 11) is 2.11. The molecule has 0 aromatic carbocycles. The second kappa shape index (κ2) is 8.85. The van der Waals surface area contributed by atoms with Gasteiger partial charge in [-0.05, 0) is 42.8 Å². The summed E-state index contributed by atoms with van der Waals surface area (Å²) in [5, 5.41) is 20.3. The Morgan fingerprint density at radius 2 is 2.00 bits per heavy atom. The quantitative estimate of drug-likeness (QED) is 0.663. The number of rotatable bonds is 7. The van der Waals surface area contributed by atoms with E-state index in [9.17, 15) is 0 Å². The number of hydrogen-bond donors (Lipinski definition) is 0. The molecular formula is C17H29N9O. The van der Waals surface area contributed by atoms with Crippen LogP contribution in [0.25, 0.3) is 0 Å². The number of hydrogen-bond acceptors (Lipinski definition) is 8. The molecule has 0 amide bonds. The Bertz CT molecular complexity index is 695. The number of aromatic nitrogens is 7. The van der Waals surface area contributed by atoms with Gasteiger partial charge < -0.3 is 14.2 Å². The first-order valence-electron chi connectivity index (χ1n) is 9.91. The highest BCUT2D eigenvalue weighted by atomic mass is 16.5. The number of nitrogens with zero attached hydrogens (tertiary/aromatic N) is 9. The maximum atomic E-state index is 5.43. The first-order chi connectivity index (χ1) is 13.3. The number of morpholine rings is 1. The zero-order valence-electron chi connectivity index (χ0n) is 16.1. The third-order valence-electron chi connectivity index (χ3n) is 5.59. The molecule has 0 aliphatic carbocycles. The number of aryl methyl sites for hydroxylation is 1. The van der Waals surface area contributed by atoms with Crippen LogP contribution in [-0.2, 0) is 24.9 Å². The van der Waals surface area contributed by atoms with Crippen LogP contribution in [0.1, 0.15) is 36.8 Å². The second-order valence-corrected chi connectivity index (χ2v) is 7.49. The van der Waals surface area contributed by atoms with Crippen molar-refractivity contribution in [2.24, 2.45) is 7.05 Å². The second-order valence-electron chi connectivity index (χ2n) is 7.49. The van der Waals surface area contributed by atoms with Crippen LogP contribution in [-0.4, -0.2) is 90.7 Å². The molecule has 2 aromatic heterocycles. The van der Waals surface area contributed by atoms with E-state index >= 15 is 0 Å². The van der Waals surface area contributed by atoms with Crippen LogP contribution in [0.4, 0.5) is 0 Å². The number of tetrazole rings is 1. The van der Waals surface area contributed by atoms with E-state index in [0.717, 1.165) is 77.1 Å². The summed E-state index contributed by atoms with van der Waals surface area (Å²) in [5.74, 6) is 2.65. The van der Waals surface area contributed by atoms with Crippen LogP contribution in [0, 0.1) is 0 Å². The molecule has 0 radical (unpaired) electrons. The lowest BCUT2D eigenvalue weighted by atomic mass is 9.97. The zero-order valence-corrected chi connectivity index (χ0v) is 16.1. The minimum atomic E-state index is 0.461. The van der Waals surface area contributed by atoms with Crippen LogP contribution < -0.4 is 0 Å². The summed E-state index contributed by atoms with van der Waals surface area (Å²) in [6, 6.07) is 0. The molecule has 148 valence electrons. The minimum Gasteiger partial charge on any atom is -0.379 e. The highest BCUT2D eigenvalue weighted by molar-refractivity contribution is 5.04. The smallest absolute Gasteiger partial charge is 0.146 e. The highest BCUT2D eigenvalue weighted by Crippen LogP contribution is 2.26. The van der Waals surface area contributed by atoms with Gasteiger partial charge in [0.25, 0.3) is 0 Å². The molecule has 2 saturated heterocycles. The normalized spacial score (nSPS) is 22.3. The fourth-order valence-corrected chi connectivity index (χ4v) is 4.04. The summed E-state index contributed by atoms with van der Waals surface area (Å²) in [6.07, 6.45) is 5.13. The largest absolute Gasteiger partial charge is 0.379 e. The van der Waals surface area contributed by atoms with Crippen molar-refractivity contribution in [3.05, 3.63) is 18.0 Å². The van der Waals surface area contributed by atoms with Gasteiger partial charge in [0.2, 0.25) is 0 Å². The van der Waals surface area contributed by atoms with Crippen molar-refractivity contribution in [2.75, 3.05) is 45.9 Å². The van der Waals surface area contributed by atoms with E-state index in [1.807, 2.05) is 0 Å². The van der Waals surface area contributed by atoms with E-state index in [0.29, 0.717) is 5.92 Å². The average Bonchev–Trinajstić information content (AvgIpc) is 3.34. The van der Waals surface area contributed by atoms with Crippen molar-refractivity contribution < 1.29 is 4.74 Å². The van der Waals surface area contributed by atoms with E-state index in [4.69, 9.17) is 4.74 Å². The molecule has 2 fully saturated rings. The Morgan fingerprint density at radius 3 is 2.81 bits per heavy atom. The summed E-state index contributed by atoms with van der Waals surface area (Å²) in [5.41, 5.74) is 0.